The molecule has 31 heavy (non-hydrogen) atoms. The van der Waals surface area contributed by atoms with Crippen LogP contribution in [0.15, 0.2) is 36.5 Å². The van der Waals surface area contributed by atoms with E-state index in [4.69, 9.17) is 11.5 Å². The molecule has 2 aromatic carbocycles. The van der Waals surface area contributed by atoms with E-state index >= 15 is 0 Å². The zero-order valence-electron chi connectivity index (χ0n) is 16.2. The molecule has 0 aliphatic heterocycles. The van der Waals surface area contributed by atoms with Crippen LogP contribution < -0.4 is 16.8 Å². The van der Waals surface area contributed by atoms with E-state index in [1.807, 2.05) is 0 Å². The van der Waals surface area contributed by atoms with Crippen LogP contribution in [0.1, 0.15) is 45.8 Å². The van der Waals surface area contributed by atoms with Crippen LogP contribution in [0.25, 0.3) is 0 Å². The van der Waals surface area contributed by atoms with Crippen molar-refractivity contribution in [1.82, 2.24) is 4.98 Å². The molecule has 5 N–H and O–H groups in total. The van der Waals surface area contributed by atoms with Gasteiger partial charge >= 0.3 is 0 Å². The molecule has 1 aliphatic rings. The van der Waals surface area contributed by atoms with Crippen LogP contribution in [0.2, 0.25) is 0 Å². The largest absolute Gasteiger partial charge is 0.381 e. The first-order valence-corrected chi connectivity index (χ1v) is 9.52. The molecule has 1 aromatic heterocycles. The second-order valence-electron chi connectivity index (χ2n) is 7.44. The average Bonchev–Trinajstić information content (AvgIpc) is 3.57. The second kappa shape index (κ2) is 7.90. The number of rotatable bonds is 6. The molecular weight excluding hydrogens is 412 g/mol. The van der Waals surface area contributed by atoms with E-state index in [0.29, 0.717) is 5.92 Å². The van der Waals surface area contributed by atoms with Crippen LogP contribution in [0, 0.1) is 23.3 Å². The highest BCUT2D eigenvalue weighted by Gasteiger charge is 2.26. The summed E-state index contributed by atoms with van der Waals surface area (Å²) in [7, 11) is 0. The zero-order valence-corrected chi connectivity index (χ0v) is 16.2. The third-order valence-electron chi connectivity index (χ3n) is 5.23. The van der Waals surface area contributed by atoms with Gasteiger partial charge in [-0.2, -0.15) is 0 Å². The van der Waals surface area contributed by atoms with Crippen LogP contribution in [-0.2, 0) is 6.42 Å². The van der Waals surface area contributed by atoms with Gasteiger partial charge in [-0.1, -0.05) is 6.07 Å². The lowest BCUT2D eigenvalue weighted by Crippen LogP contribution is -2.17. The van der Waals surface area contributed by atoms with Crippen molar-refractivity contribution in [1.29, 1.82) is 0 Å². The summed E-state index contributed by atoms with van der Waals surface area (Å²) in [6.45, 7) is 0. The number of hydrogen-bond donors (Lipinski definition) is 3. The standard InChI is InChI=1S/C22H18F4N4O/c23-15-9-11(10-1-2-10)3-4-16(15)30-20-14(22(28)31)8-13(17(24)19(20)26)7-12-5-6-29-21(27)18(12)25/h3-6,8-10,30H,1-2,7H2,(H2,27,29)(H2,28,31). The summed E-state index contributed by atoms with van der Waals surface area (Å²) in [4.78, 5) is 15.5. The minimum Gasteiger partial charge on any atom is -0.381 e. The van der Waals surface area contributed by atoms with E-state index in [1.165, 1.54) is 24.4 Å². The van der Waals surface area contributed by atoms with Crippen molar-refractivity contribution >= 4 is 23.1 Å². The molecule has 1 aliphatic carbocycles. The highest BCUT2D eigenvalue weighted by Crippen LogP contribution is 2.41. The molecule has 0 spiro atoms. The van der Waals surface area contributed by atoms with Crippen molar-refractivity contribution in [2.45, 2.75) is 25.2 Å². The highest BCUT2D eigenvalue weighted by molar-refractivity contribution is 5.99. The number of amides is 1. The van der Waals surface area contributed by atoms with Gasteiger partial charge in [0.2, 0.25) is 0 Å². The van der Waals surface area contributed by atoms with Gasteiger partial charge in [0.1, 0.15) is 5.82 Å². The highest BCUT2D eigenvalue weighted by atomic mass is 19.2. The summed E-state index contributed by atoms with van der Waals surface area (Å²) in [5, 5.41) is 2.43. The molecular formula is C22H18F4N4O. The topological polar surface area (TPSA) is 94.0 Å². The lowest BCUT2D eigenvalue weighted by Gasteiger charge is -2.16. The Bertz CT molecular complexity index is 1190. The van der Waals surface area contributed by atoms with E-state index in [9.17, 15) is 22.4 Å². The SMILES string of the molecule is NC(=O)c1cc(Cc2ccnc(N)c2F)c(F)c(F)c1Nc1ccc(C2CC2)cc1F. The van der Waals surface area contributed by atoms with Gasteiger partial charge in [-0.05, 0) is 59.7 Å². The molecule has 1 amide bonds. The van der Waals surface area contributed by atoms with E-state index in [-0.39, 0.29) is 16.8 Å². The molecule has 3 aromatic rings. The molecule has 4 rings (SSSR count). The van der Waals surface area contributed by atoms with Crippen LogP contribution in [0.3, 0.4) is 0 Å². The van der Waals surface area contributed by atoms with Gasteiger partial charge in [-0.25, -0.2) is 22.5 Å². The molecule has 1 fully saturated rings. The number of carbonyl (C=O) groups excluding carboxylic acids is 1. The molecule has 0 atom stereocenters. The fraction of sp³-hybridized carbons (Fsp3) is 0.182. The fourth-order valence-electron chi connectivity index (χ4n) is 3.41. The average molecular weight is 430 g/mol. The van der Waals surface area contributed by atoms with Crippen molar-refractivity contribution < 1.29 is 22.4 Å². The lowest BCUT2D eigenvalue weighted by molar-refractivity contribution is 0.100. The number of nitrogens with zero attached hydrogens (tertiary/aromatic N) is 1. The molecule has 5 nitrogen and oxygen atoms in total. The first-order chi connectivity index (χ1) is 14.8. The Labute approximate surface area is 175 Å². The number of primary amides is 1. The van der Waals surface area contributed by atoms with Crippen LogP contribution in [-0.4, -0.2) is 10.9 Å². The van der Waals surface area contributed by atoms with E-state index in [2.05, 4.69) is 10.3 Å². The maximum absolute atomic E-state index is 14.9. The van der Waals surface area contributed by atoms with Crippen LogP contribution in [0.5, 0.6) is 0 Å². The number of benzene rings is 2. The molecule has 1 saturated carbocycles. The maximum atomic E-state index is 14.9. The fourth-order valence-corrected chi connectivity index (χ4v) is 3.41. The predicted molar refractivity (Wildman–Crippen MR) is 108 cm³/mol. The van der Waals surface area contributed by atoms with Crippen molar-refractivity contribution in [3.63, 3.8) is 0 Å². The van der Waals surface area contributed by atoms with Gasteiger partial charge in [-0.3, -0.25) is 4.79 Å². The van der Waals surface area contributed by atoms with E-state index < -0.39 is 52.7 Å². The van der Waals surface area contributed by atoms with Crippen molar-refractivity contribution in [3.8, 4) is 0 Å². The Morgan fingerprint density at radius 2 is 1.77 bits per heavy atom. The molecule has 0 bridgehead atoms. The number of aromatic nitrogens is 1. The third-order valence-corrected chi connectivity index (χ3v) is 5.23. The summed E-state index contributed by atoms with van der Waals surface area (Å²) in [6.07, 6.45) is 2.78. The number of halogens is 4. The third kappa shape index (κ3) is 4.03. The van der Waals surface area contributed by atoms with Gasteiger partial charge in [0.25, 0.3) is 5.91 Å². The molecule has 160 valence electrons. The van der Waals surface area contributed by atoms with E-state index in [0.717, 1.165) is 24.5 Å². The van der Waals surface area contributed by atoms with Gasteiger partial charge in [0.05, 0.1) is 16.9 Å². The number of anilines is 3. The van der Waals surface area contributed by atoms with Gasteiger partial charge in [0, 0.05) is 12.6 Å². The molecule has 0 unspecified atom stereocenters. The molecule has 1 heterocycles. The monoisotopic (exact) mass is 430 g/mol. The minimum absolute atomic E-state index is 0.0383. The normalized spacial score (nSPS) is 13.3. The Morgan fingerprint density at radius 1 is 1.03 bits per heavy atom. The quantitative estimate of drug-likeness (QED) is 0.501. The first-order valence-electron chi connectivity index (χ1n) is 9.52. The van der Waals surface area contributed by atoms with Gasteiger partial charge in [0.15, 0.2) is 23.3 Å². The number of nitrogens with one attached hydrogen (secondary N) is 1. The Morgan fingerprint density at radius 3 is 2.42 bits per heavy atom. The second-order valence-corrected chi connectivity index (χ2v) is 7.44. The minimum atomic E-state index is -1.43. The summed E-state index contributed by atoms with van der Waals surface area (Å²) >= 11 is 0. The summed E-state index contributed by atoms with van der Waals surface area (Å²) < 4.78 is 58.3. The summed E-state index contributed by atoms with van der Waals surface area (Å²) in [5.74, 6) is -5.44. The first kappa shape index (κ1) is 20.6. The van der Waals surface area contributed by atoms with Crippen LogP contribution in [0.4, 0.5) is 34.8 Å². The van der Waals surface area contributed by atoms with Crippen LogP contribution >= 0.6 is 0 Å². The van der Waals surface area contributed by atoms with Gasteiger partial charge in [-0.15, -0.1) is 0 Å². The lowest BCUT2D eigenvalue weighted by atomic mass is 9.99. The van der Waals surface area contributed by atoms with Crippen molar-refractivity contribution in [2.24, 2.45) is 5.73 Å². The van der Waals surface area contributed by atoms with Crippen molar-refractivity contribution in [3.05, 3.63) is 82.1 Å². The Balaban J connectivity index is 1.72. The Kier molecular flexibility index (Phi) is 5.26. The number of carbonyl (C=O) groups is 1. The number of nitrogens with two attached hydrogens (primary N) is 2. The predicted octanol–water partition coefficient (Wildman–Crippen LogP) is 4.53. The smallest absolute Gasteiger partial charge is 0.250 e. The maximum Gasteiger partial charge on any atom is 0.250 e. The Hall–Kier alpha value is -3.62. The number of hydrogen-bond acceptors (Lipinski definition) is 4. The molecule has 9 heteroatoms. The zero-order chi connectivity index (χ0) is 22.3. The van der Waals surface area contributed by atoms with Crippen molar-refractivity contribution in [2.75, 3.05) is 11.1 Å². The summed E-state index contributed by atoms with van der Waals surface area (Å²) in [5.41, 5.74) is 10.1. The molecule has 0 radical (unpaired) electrons. The number of nitrogen functional groups attached to an aromatic ring is 1. The number of pyridine rings is 1. The van der Waals surface area contributed by atoms with Gasteiger partial charge < -0.3 is 16.8 Å². The molecule has 0 saturated heterocycles. The summed E-state index contributed by atoms with van der Waals surface area (Å²) in [6, 6.07) is 6.68. The van der Waals surface area contributed by atoms with E-state index in [1.54, 1.807) is 6.07 Å².